The summed E-state index contributed by atoms with van der Waals surface area (Å²) in [5.74, 6) is -0.0162. The Morgan fingerprint density at radius 3 is 2.75 bits per heavy atom. The second-order valence-corrected chi connectivity index (χ2v) is 6.63. The Morgan fingerprint density at radius 1 is 1.29 bits per heavy atom. The third-order valence-corrected chi connectivity index (χ3v) is 3.93. The maximum atomic E-state index is 13.2. The lowest BCUT2D eigenvalue weighted by Gasteiger charge is -2.15. The van der Waals surface area contributed by atoms with E-state index in [1.54, 1.807) is 0 Å². The zero-order chi connectivity index (χ0) is 17.7. The van der Waals surface area contributed by atoms with Crippen molar-refractivity contribution in [2.75, 3.05) is 0 Å². The number of carbonyl (C=O) groups excluding carboxylic acids is 1. The number of hydrogen-bond donors (Lipinski definition) is 1. The lowest BCUT2D eigenvalue weighted by atomic mass is 10.0. The summed E-state index contributed by atoms with van der Waals surface area (Å²) in [6.45, 7) is 6.22. The van der Waals surface area contributed by atoms with Crippen molar-refractivity contribution in [1.29, 1.82) is 0 Å². The Morgan fingerprint density at radius 2 is 2.04 bits per heavy atom. The van der Waals surface area contributed by atoms with Gasteiger partial charge in [-0.2, -0.15) is 0 Å². The van der Waals surface area contributed by atoms with Gasteiger partial charge in [-0.05, 0) is 31.4 Å². The monoisotopic (exact) mass is 333 g/mol. The molecule has 1 amide bonds. The summed E-state index contributed by atoms with van der Waals surface area (Å²) in [6, 6.07) is 3.88. The van der Waals surface area contributed by atoms with Gasteiger partial charge in [0.1, 0.15) is 12.4 Å². The number of nitrogens with zero attached hydrogens (tertiary/aromatic N) is 2. The minimum absolute atomic E-state index is 0.0643. The molecule has 2 aromatic rings. The van der Waals surface area contributed by atoms with Crippen LogP contribution < -0.4 is 10.9 Å². The molecule has 6 heteroatoms. The predicted molar refractivity (Wildman–Crippen MR) is 92.3 cm³/mol. The zero-order valence-electron chi connectivity index (χ0n) is 14.4. The number of halogens is 1. The van der Waals surface area contributed by atoms with Crippen LogP contribution in [0.5, 0.6) is 0 Å². The summed E-state index contributed by atoms with van der Waals surface area (Å²) >= 11 is 0. The molecule has 130 valence electrons. The van der Waals surface area contributed by atoms with Crippen molar-refractivity contribution in [3.63, 3.8) is 0 Å². The average Bonchev–Trinajstić information content (AvgIpc) is 2.49. The van der Waals surface area contributed by atoms with E-state index in [4.69, 9.17) is 0 Å². The Labute approximate surface area is 140 Å². The highest BCUT2D eigenvalue weighted by atomic mass is 19.1. The van der Waals surface area contributed by atoms with Crippen LogP contribution in [-0.2, 0) is 11.3 Å². The summed E-state index contributed by atoms with van der Waals surface area (Å²) in [6.07, 6.45) is 4.38. The molecule has 1 aromatic heterocycles. The molecule has 0 spiro atoms. The minimum atomic E-state index is -0.444. The molecular formula is C18H24FN3O2. The smallest absolute Gasteiger partial charge is 0.261 e. The number of rotatable bonds is 7. The molecule has 0 saturated heterocycles. The molecule has 0 aliphatic heterocycles. The minimum Gasteiger partial charge on any atom is -0.352 e. The summed E-state index contributed by atoms with van der Waals surface area (Å²) in [4.78, 5) is 28.5. The fraction of sp³-hybridized carbons (Fsp3) is 0.500. The van der Waals surface area contributed by atoms with Gasteiger partial charge in [-0.1, -0.05) is 26.7 Å². The SMILES string of the molecule is CC(C)CCC[C@@H](C)NC(=O)Cn1cnc2cc(F)ccc2c1=O. The maximum Gasteiger partial charge on any atom is 0.261 e. The van der Waals surface area contributed by atoms with Gasteiger partial charge in [0.2, 0.25) is 5.91 Å². The first-order valence-corrected chi connectivity index (χ1v) is 8.31. The van der Waals surface area contributed by atoms with Gasteiger partial charge in [-0.3, -0.25) is 14.2 Å². The van der Waals surface area contributed by atoms with Crippen LogP contribution in [0.25, 0.3) is 10.9 Å². The van der Waals surface area contributed by atoms with E-state index in [-0.39, 0.29) is 24.1 Å². The molecule has 2 rings (SSSR count). The number of fused-ring (bicyclic) bond motifs is 1. The molecule has 0 aliphatic carbocycles. The van der Waals surface area contributed by atoms with Crippen LogP contribution in [-0.4, -0.2) is 21.5 Å². The maximum absolute atomic E-state index is 13.2. The average molecular weight is 333 g/mol. The summed E-state index contributed by atoms with van der Waals surface area (Å²) < 4.78 is 14.4. The van der Waals surface area contributed by atoms with Crippen molar-refractivity contribution in [2.24, 2.45) is 5.92 Å². The predicted octanol–water partition coefficient (Wildman–Crippen LogP) is 2.87. The molecule has 0 fully saturated rings. The number of benzene rings is 1. The number of carbonyl (C=O) groups is 1. The standard InChI is InChI=1S/C18H24FN3O2/c1-12(2)5-4-6-13(3)21-17(23)10-22-11-20-16-9-14(19)7-8-15(16)18(22)24/h7-9,11-13H,4-6,10H2,1-3H3,(H,21,23)/t13-/m1/s1. The fourth-order valence-electron chi connectivity index (χ4n) is 2.62. The Balaban J connectivity index is 1.99. The molecule has 1 heterocycles. The van der Waals surface area contributed by atoms with Crippen LogP contribution in [0.4, 0.5) is 4.39 Å². The third-order valence-electron chi connectivity index (χ3n) is 3.93. The van der Waals surface area contributed by atoms with E-state index in [1.807, 2.05) is 6.92 Å². The van der Waals surface area contributed by atoms with Crippen LogP contribution in [0.3, 0.4) is 0 Å². The Kier molecular flexibility index (Phi) is 6.06. The Hall–Kier alpha value is -2.24. The first-order chi connectivity index (χ1) is 11.4. The number of hydrogen-bond acceptors (Lipinski definition) is 3. The second kappa shape index (κ2) is 8.04. The number of amides is 1. The highest BCUT2D eigenvalue weighted by Crippen LogP contribution is 2.09. The lowest BCUT2D eigenvalue weighted by molar-refractivity contribution is -0.122. The molecule has 24 heavy (non-hydrogen) atoms. The molecule has 1 aromatic carbocycles. The highest BCUT2D eigenvalue weighted by molar-refractivity contribution is 5.79. The molecule has 0 radical (unpaired) electrons. The van der Waals surface area contributed by atoms with Gasteiger partial charge in [-0.25, -0.2) is 9.37 Å². The van der Waals surface area contributed by atoms with Gasteiger partial charge in [-0.15, -0.1) is 0 Å². The molecule has 1 atom stereocenters. The van der Waals surface area contributed by atoms with Gasteiger partial charge >= 0.3 is 0 Å². The van der Waals surface area contributed by atoms with E-state index in [0.717, 1.165) is 19.3 Å². The van der Waals surface area contributed by atoms with Crippen molar-refractivity contribution >= 4 is 16.8 Å². The van der Waals surface area contributed by atoms with Crippen LogP contribution in [0.2, 0.25) is 0 Å². The van der Waals surface area contributed by atoms with Crippen LogP contribution in [0.15, 0.2) is 29.3 Å². The summed E-state index contributed by atoms with van der Waals surface area (Å²) in [5, 5.41) is 3.20. The van der Waals surface area contributed by atoms with Gasteiger partial charge in [0, 0.05) is 12.1 Å². The number of nitrogens with one attached hydrogen (secondary N) is 1. The van der Waals surface area contributed by atoms with Crippen molar-refractivity contribution < 1.29 is 9.18 Å². The molecular weight excluding hydrogens is 309 g/mol. The van der Waals surface area contributed by atoms with E-state index < -0.39 is 5.82 Å². The summed E-state index contributed by atoms with van der Waals surface area (Å²) in [7, 11) is 0. The first kappa shape index (κ1) is 18.1. The third kappa shape index (κ3) is 4.88. The van der Waals surface area contributed by atoms with E-state index in [9.17, 15) is 14.0 Å². The van der Waals surface area contributed by atoms with E-state index in [1.165, 1.54) is 29.1 Å². The van der Waals surface area contributed by atoms with Gasteiger partial charge in [0.05, 0.1) is 17.2 Å². The van der Waals surface area contributed by atoms with Crippen LogP contribution in [0.1, 0.15) is 40.0 Å². The zero-order valence-corrected chi connectivity index (χ0v) is 14.4. The largest absolute Gasteiger partial charge is 0.352 e. The van der Waals surface area contributed by atoms with E-state index in [0.29, 0.717) is 16.8 Å². The van der Waals surface area contributed by atoms with E-state index in [2.05, 4.69) is 24.1 Å². The molecule has 1 N–H and O–H groups in total. The van der Waals surface area contributed by atoms with Crippen molar-refractivity contribution in [3.05, 3.63) is 40.7 Å². The lowest BCUT2D eigenvalue weighted by Crippen LogP contribution is -2.37. The molecule has 0 bridgehead atoms. The van der Waals surface area contributed by atoms with Gasteiger partial charge in [0.25, 0.3) is 5.56 Å². The second-order valence-electron chi connectivity index (χ2n) is 6.63. The molecule has 5 nitrogen and oxygen atoms in total. The first-order valence-electron chi connectivity index (χ1n) is 8.31. The number of aromatic nitrogens is 2. The van der Waals surface area contributed by atoms with Gasteiger partial charge in [0.15, 0.2) is 0 Å². The summed E-state index contributed by atoms with van der Waals surface area (Å²) in [5.41, 5.74) is -0.0543. The van der Waals surface area contributed by atoms with Crippen molar-refractivity contribution in [1.82, 2.24) is 14.9 Å². The van der Waals surface area contributed by atoms with Crippen LogP contribution >= 0.6 is 0 Å². The topological polar surface area (TPSA) is 64.0 Å². The fourth-order valence-corrected chi connectivity index (χ4v) is 2.62. The quantitative estimate of drug-likeness (QED) is 0.847. The molecule has 0 unspecified atom stereocenters. The van der Waals surface area contributed by atoms with Crippen LogP contribution in [0, 0.1) is 11.7 Å². The highest BCUT2D eigenvalue weighted by Gasteiger charge is 2.11. The van der Waals surface area contributed by atoms with E-state index >= 15 is 0 Å². The Bertz CT molecular complexity index is 770. The van der Waals surface area contributed by atoms with Crippen molar-refractivity contribution in [3.8, 4) is 0 Å². The normalized spacial score (nSPS) is 12.5. The van der Waals surface area contributed by atoms with Crippen molar-refractivity contribution in [2.45, 2.75) is 52.6 Å². The molecule has 0 saturated carbocycles. The molecule has 0 aliphatic rings. The van der Waals surface area contributed by atoms with Gasteiger partial charge < -0.3 is 5.32 Å².